The maximum atomic E-state index is 13.6. The highest BCUT2D eigenvalue weighted by Crippen LogP contribution is 2.16. The molecule has 1 N–H and O–H groups in total. The zero-order chi connectivity index (χ0) is 10.1. The zero-order valence-electron chi connectivity index (χ0n) is 7.67. The summed E-state index contributed by atoms with van der Waals surface area (Å²) < 4.78 is 13.6. The first kappa shape index (κ1) is 8.87. The van der Waals surface area contributed by atoms with Crippen molar-refractivity contribution in [3.63, 3.8) is 0 Å². The van der Waals surface area contributed by atoms with Crippen LogP contribution in [0.5, 0.6) is 0 Å². The molecule has 0 spiro atoms. The molecule has 14 heavy (non-hydrogen) atoms. The van der Waals surface area contributed by atoms with Gasteiger partial charge in [0.1, 0.15) is 5.52 Å². The number of hydrogen-bond acceptors (Lipinski definition) is 2. The van der Waals surface area contributed by atoms with E-state index in [2.05, 4.69) is 9.97 Å². The topological polar surface area (TPSA) is 45.8 Å². The minimum Gasteiger partial charge on any atom is -0.317 e. The van der Waals surface area contributed by atoms with Crippen molar-refractivity contribution < 1.29 is 4.39 Å². The Hall–Kier alpha value is -1.71. The molecule has 0 aliphatic heterocycles. The van der Waals surface area contributed by atoms with E-state index in [-0.39, 0.29) is 16.9 Å². The molecule has 0 aliphatic rings. The van der Waals surface area contributed by atoms with Crippen LogP contribution in [-0.4, -0.2) is 9.97 Å². The lowest BCUT2D eigenvalue weighted by molar-refractivity contribution is 0.620. The van der Waals surface area contributed by atoms with E-state index >= 15 is 0 Å². The predicted octanol–water partition coefficient (Wildman–Crippen LogP) is 1.62. The molecule has 0 bridgehead atoms. The minimum absolute atomic E-state index is 0.192. The third-order valence-corrected chi connectivity index (χ3v) is 2.15. The van der Waals surface area contributed by atoms with Gasteiger partial charge < -0.3 is 4.98 Å². The van der Waals surface area contributed by atoms with E-state index in [1.54, 1.807) is 12.1 Å². The average Bonchev–Trinajstić information content (AvgIpc) is 2.20. The Balaban J connectivity index is 2.86. The molecular weight excluding hydrogens is 183 g/mol. The number of H-pyrrole nitrogens is 1. The van der Waals surface area contributed by atoms with Crippen LogP contribution in [0.4, 0.5) is 4.39 Å². The number of benzene rings is 1. The summed E-state index contributed by atoms with van der Waals surface area (Å²) in [4.78, 5) is 17.2. The van der Waals surface area contributed by atoms with E-state index in [1.807, 2.05) is 6.92 Å². The minimum atomic E-state index is -0.385. The van der Waals surface area contributed by atoms with E-state index in [0.29, 0.717) is 17.5 Å². The predicted molar refractivity (Wildman–Crippen MR) is 51.7 cm³/mol. The molecule has 0 fully saturated rings. The van der Waals surface area contributed by atoms with Gasteiger partial charge in [-0.15, -0.1) is 0 Å². The molecule has 0 unspecified atom stereocenters. The van der Waals surface area contributed by atoms with Crippen molar-refractivity contribution >= 4 is 11.0 Å². The van der Waals surface area contributed by atoms with Crippen molar-refractivity contribution in [2.45, 2.75) is 13.3 Å². The van der Waals surface area contributed by atoms with Crippen LogP contribution in [0.25, 0.3) is 11.0 Å². The standard InChI is InChI=1S/C10H9FN2O/c1-2-6-3-4-7-10(9(6)11)13-8(14)5-12-7/h3-5H,2H2,1H3,(H,13,14). The van der Waals surface area contributed by atoms with Crippen LogP contribution >= 0.6 is 0 Å². The second kappa shape index (κ2) is 3.21. The van der Waals surface area contributed by atoms with Crippen LogP contribution in [-0.2, 0) is 6.42 Å². The van der Waals surface area contributed by atoms with Crippen molar-refractivity contribution in [1.82, 2.24) is 9.97 Å². The molecule has 0 radical (unpaired) electrons. The molecule has 0 saturated heterocycles. The zero-order valence-corrected chi connectivity index (χ0v) is 7.67. The summed E-state index contributed by atoms with van der Waals surface area (Å²) in [6.07, 6.45) is 1.74. The molecule has 3 nitrogen and oxygen atoms in total. The Morgan fingerprint density at radius 2 is 2.29 bits per heavy atom. The Morgan fingerprint density at radius 3 is 3.00 bits per heavy atom. The van der Waals surface area contributed by atoms with Crippen LogP contribution in [0, 0.1) is 5.82 Å². The Labute approximate surface area is 79.6 Å². The molecule has 4 heteroatoms. The number of fused-ring (bicyclic) bond motifs is 1. The highest BCUT2D eigenvalue weighted by molar-refractivity contribution is 5.75. The number of aromatic nitrogens is 2. The lowest BCUT2D eigenvalue weighted by Gasteiger charge is -2.02. The average molecular weight is 192 g/mol. The molecule has 0 aliphatic carbocycles. The Morgan fingerprint density at radius 1 is 1.50 bits per heavy atom. The Kier molecular flexibility index (Phi) is 2.04. The molecule has 1 heterocycles. The van der Waals surface area contributed by atoms with Crippen molar-refractivity contribution in [2.24, 2.45) is 0 Å². The van der Waals surface area contributed by atoms with Crippen LogP contribution in [0.3, 0.4) is 0 Å². The highest BCUT2D eigenvalue weighted by atomic mass is 19.1. The van der Waals surface area contributed by atoms with Crippen LogP contribution in [0.1, 0.15) is 12.5 Å². The molecule has 0 saturated carbocycles. The number of nitrogens with one attached hydrogen (secondary N) is 1. The van der Waals surface area contributed by atoms with Gasteiger partial charge in [-0.25, -0.2) is 9.37 Å². The summed E-state index contributed by atoms with van der Waals surface area (Å²) in [6.45, 7) is 1.86. The monoisotopic (exact) mass is 192 g/mol. The lowest BCUT2D eigenvalue weighted by atomic mass is 10.1. The molecule has 72 valence electrons. The van der Waals surface area contributed by atoms with Gasteiger partial charge >= 0.3 is 0 Å². The maximum Gasteiger partial charge on any atom is 0.266 e. The largest absolute Gasteiger partial charge is 0.317 e. The number of aromatic amines is 1. The van der Waals surface area contributed by atoms with Gasteiger partial charge in [-0.1, -0.05) is 13.0 Å². The second-order valence-electron chi connectivity index (χ2n) is 3.03. The van der Waals surface area contributed by atoms with Gasteiger partial charge in [0.15, 0.2) is 5.82 Å². The number of halogens is 1. The summed E-state index contributed by atoms with van der Waals surface area (Å²) in [6, 6.07) is 3.39. The fourth-order valence-electron chi connectivity index (χ4n) is 1.39. The van der Waals surface area contributed by atoms with Crippen molar-refractivity contribution in [3.8, 4) is 0 Å². The van der Waals surface area contributed by atoms with Crippen LogP contribution in [0.2, 0.25) is 0 Å². The van der Waals surface area contributed by atoms with Gasteiger partial charge in [0, 0.05) is 0 Å². The molecule has 2 aromatic rings. The van der Waals surface area contributed by atoms with Gasteiger partial charge in [-0.2, -0.15) is 0 Å². The van der Waals surface area contributed by atoms with Gasteiger partial charge in [-0.05, 0) is 18.1 Å². The molecule has 2 rings (SSSR count). The van der Waals surface area contributed by atoms with Crippen molar-refractivity contribution in [3.05, 3.63) is 40.1 Å². The molecule has 1 aromatic carbocycles. The Bertz CT molecular complexity index is 533. The first-order chi connectivity index (χ1) is 6.72. The summed E-state index contributed by atoms with van der Waals surface area (Å²) in [5.41, 5.74) is 0.863. The van der Waals surface area contributed by atoms with Gasteiger partial charge in [0.05, 0.1) is 11.7 Å². The van der Waals surface area contributed by atoms with Gasteiger partial charge in [0.2, 0.25) is 0 Å². The van der Waals surface area contributed by atoms with E-state index in [4.69, 9.17) is 0 Å². The highest BCUT2D eigenvalue weighted by Gasteiger charge is 2.06. The first-order valence-corrected chi connectivity index (χ1v) is 4.38. The fraction of sp³-hybridized carbons (Fsp3) is 0.200. The molecular formula is C10H9FN2O. The molecule has 0 atom stereocenters. The van der Waals surface area contributed by atoms with Crippen LogP contribution in [0.15, 0.2) is 23.1 Å². The molecule has 0 amide bonds. The third-order valence-electron chi connectivity index (χ3n) is 2.15. The van der Waals surface area contributed by atoms with Crippen molar-refractivity contribution in [1.29, 1.82) is 0 Å². The van der Waals surface area contributed by atoms with Crippen LogP contribution < -0.4 is 5.56 Å². The summed E-state index contributed by atoms with van der Waals surface area (Å²) >= 11 is 0. The SMILES string of the molecule is CCc1ccc2ncc(=O)[nH]c2c1F. The van der Waals surface area contributed by atoms with Gasteiger partial charge in [0.25, 0.3) is 5.56 Å². The number of nitrogens with zero attached hydrogens (tertiary/aromatic N) is 1. The lowest BCUT2D eigenvalue weighted by Crippen LogP contribution is -2.07. The second-order valence-corrected chi connectivity index (χ2v) is 3.03. The van der Waals surface area contributed by atoms with E-state index < -0.39 is 0 Å². The summed E-state index contributed by atoms with van der Waals surface area (Å²) in [5.74, 6) is -0.379. The fourth-order valence-corrected chi connectivity index (χ4v) is 1.39. The smallest absolute Gasteiger partial charge is 0.266 e. The third kappa shape index (κ3) is 1.28. The quantitative estimate of drug-likeness (QED) is 0.746. The first-order valence-electron chi connectivity index (χ1n) is 4.38. The summed E-state index contributed by atoms with van der Waals surface area (Å²) in [5, 5.41) is 0. The normalized spacial score (nSPS) is 10.7. The maximum absolute atomic E-state index is 13.6. The van der Waals surface area contributed by atoms with E-state index in [1.165, 1.54) is 0 Å². The number of hydrogen-bond donors (Lipinski definition) is 1. The van der Waals surface area contributed by atoms with E-state index in [0.717, 1.165) is 6.20 Å². The van der Waals surface area contributed by atoms with Crippen molar-refractivity contribution in [2.75, 3.05) is 0 Å². The van der Waals surface area contributed by atoms with Gasteiger partial charge in [-0.3, -0.25) is 4.79 Å². The van der Waals surface area contributed by atoms with E-state index in [9.17, 15) is 9.18 Å². The molecule has 1 aromatic heterocycles. The number of rotatable bonds is 1. The summed E-state index contributed by atoms with van der Waals surface area (Å²) in [7, 11) is 0. The number of aryl methyl sites for hydroxylation is 1.